The molecule has 2 aromatic heterocycles. The second-order valence-corrected chi connectivity index (χ2v) is 5.69. The Hall–Kier alpha value is -1.75. The van der Waals surface area contributed by atoms with Crippen LogP contribution >= 0.6 is 0 Å². The van der Waals surface area contributed by atoms with Gasteiger partial charge in [-0.2, -0.15) is 4.98 Å². The van der Waals surface area contributed by atoms with Gasteiger partial charge in [0.2, 0.25) is 11.7 Å². The van der Waals surface area contributed by atoms with Crippen molar-refractivity contribution in [2.75, 3.05) is 0 Å². The fourth-order valence-electron chi connectivity index (χ4n) is 1.77. The molecular weight excluding hydrogens is 240 g/mol. The van der Waals surface area contributed by atoms with Crippen molar-refractivity contribution in [3.63, 3.8) is 0 Å². The lowest BCUT2D eigenvalue weighted by Gasteiger charge is -2.23. The highest BCUT2D eigenvalue weighted by molar-refractivity contribution is 5.58. The van der Waals surface area contributed by atoms with E-state index in [0.29, 0.717) is 11.7 Å². The zero-order valence-corrected chi connectivity index (χ0v) is 11.8. The fourth-order valence-corrected chi connectivity index (χ4v) is 1.77. The summed E-state index contributed by atoms with van der Waals surface area (Å²) in [4.78, 5) is 8.54. The molecule has 0 aliphatic heterocycles. The van der Waals surface area contributed by atoms with Gasteiger partial charge in [-0.1, -0.05) is 32.9 Å². The van der Waals surface area contributed by atoms with E-state index < -0.39 is 0 Å². The summed E-state index contributed by atoms with van der Waals surface area (Å²) in [5, 5.41) is 4.04. The summed E-state index contributed by atoms with van der Waals surface area (Å²) in [5.74, 6) is 1.05. The van der Waals surface area contributed by atoms with Gasteiger partial charge in [0.1, 0.15) is 0 Å². The lowest BCUT2D eigenvalue weighted by atomic mass is 9.87. The molecule has 2 aromatic rings. The number of nitrogens with two attached hydrogens (primary N) is 1. The van der Waals surface area contributed by atoms with E-state index in [0.717, 1.165) is 17.5 Å². The van der Waals surface area contributed by atoms with Gasteiger partial charge in [0.05, 0.1) is 6.04 Å². The molecule has 0 aliphatic carbocycles. The predicted molar refractivity (Wildman–Crippen MR) is 73.3 cm³/mol. The average molecular weight is 260 g/mol. The Balaban J connectivity index is 2.36. The normalized spacial score (nSPS) is 13.5. The largest absolute Gasteiger partial charge is 0.337 e. The lowest BCUT2D eigenvalue weighted by molar-refractivity contribution is 0.253. The van der Waals surface area contributed by atoms with E-state index in [1.54, 1.807) is 6.20 Å². The van der Waals surface area contributed by atoms with Gasteiger partial charge in [0, 0.05) is 18.0 Å². The van der Waals surface area contributed by atoms with E-state index in [2.05, 4.69) is 22.0 Å². The van der Waals surface area contributed by atoms with Crippen LogP contribution in [0.25, 0.3) is 11.4 Å². The van der Waals surface area contributed by atoms with Crippen molar-refractivity contribution >= 4 is 0 Å². The highest BCUT2D eigenvalue weighted by Crippen LogP contribution is 2.30. The molecule has 5 nitrogen and oxygen atoms in total. The van der Waals surface area contributed by atoms with Gasteiger partial charge in [0.25, 0.3) is 0 Å². The van der Waals surface area contributed by atoms with Crippen molar-refractivity contribution in [3.05, 3.63) is 29.9 Å². The smallest absolute Gasteiger partial charge is 0.244 e. The first-order chi connectivity index (χ1) is 8.93. The average Bonchev–Trinajstić information content (AvgIpc) is 2.86. The standard InChI is InChI=1S/C14H20N4O/c1-5-9-8-16-7-6-10(9)12-17-13(19-18-12)11(15)14(2,3)4/h6-8,11H,5,15H2,1-4H3/t11-/m1/s1. The molecule has 0 amide bonds. The summed E-state index contributed by atoms with van der Waals surface area (Å²) in [6.07, 6.45) is 4.43. The van der Waals surface area contributed by atoms with Gasteiger partial charge in [-0.05, 0) is 23.5 Å². The summed E-state index contributed by atoms with van der Waals surface area (Å²) in [7, 11) is 0. The minimum Gasteiger partial charge on any atom is -0.337 e. The van der Waals surface area contributed by atoms with Crippen LogP contribution in [0.3, 0.4) is 0 Å². The van der Waals surface area contributed by atoms with Gasteiger partial charge in [-0.15, -0.1) is 0 Å². The second-order valence-electron chi connectivity index (χ2n) is 5.69. The van der Waals surface area contributed by atoms with E-state index in [-0.39, 0.29) is 11.5 Å². The van der Waals surface area contributed by atoms with Gasteiger partial charge < -0.3 is 10.3 Å². The molecule has 5 heteroatoms. The van der Waals surface area contributed by atoms with Gasteiger partial charge >= 0.3 is 0 Å². The maximum atomic E-state index is 6.13. The minimum atomic E-state index is -0.277. The van der Waals surface area contributed by atoms with Crippen LogP contribution in [0.15, 0.2) is 23.0 Å². The molecule has 19 heavy (non-hydrogen) atoms. The van der Waals surface area contributed by atoms with Crippen LogP contribution in [0.5, 0.6) is 0 Å². The van der Waals surface area contributed by atoms with E-state index in [1.807, 2.05) is 33.0 Å². The first-order valence-corrected chi connectivity index (χ1v) is 6.46. The summed E-state index contributed by atoms with van der Waals surface area (Å²) in [6.45, 7) is 8.21. The summed E-state index contributed by atoms with van der Waals surface area (Å²) >= 11 is 0. The Labute approximate surface area is 113 Å². The molecule has 0 unspecified atom stereocenters. The van der Waals surface area contributed by atoms with Gasteiger partial charge in [0.15, 0.2) is 0 Å². The third-order valence-corrected chi connectivity index (χ3v) is 3.17. The summed E-state index contributed by atoms with van der Waals surface area (Å²) < 4.78 is 5.30. The Morgan fingerprint density at radius 2 is 2.11 bits per heavy atom. The number of nitrogens with zero attached hydrogens (tertiary/aromatic N) is 3. The number of hydrogen-bond donors (Lipinski definition) is 1. The van der Waals surface area contributed by atoms with Crippen molar-refractivity contribution < 1.29 is 4.52 Å². The molecule has 0 saturated heterocycles. The molecule has 1 atom stereocenters. The molecule has 2 rings (SSSR count). The molecule has 0 spiro atoms. The molecule has 2 heterocycles. The lowest BCUT2D eigenvalue weighted by Crippen LogP contribution is -2.26. The molecule has 102 valence electrons. The van der Waals surface area contributed by atoms with Crippen LogP contribution < -0.4 is 5.73 Å². The van der Waals surface area contributed by atoms with E-state index in [9.17, 15) is 0 Å². The van der Waals surface area contributed by atoms with Crippen LogP contribution in [-0.4, -0.2) is 15.1 Å². The third kappa shape index (κ3) is 2.81. The second kappa shape index (κ2) is 5.09. The quantitative estimate of drug-likeness (QED) is 0.918. The molecule has 2 N–H and O–H groups in total. The third-order valence-electron chi connectivity index (χ3n) is 3.17. The molecule has 0 bridgehead atoms. The maximum Gasteiger partial charge on any atom is 0.244 e. The van der Waals surface area contributed by atoms with E-state index in [1.165, 1.54) is 0 Å². The fraction of sp³-hybridized carbons (Fsp3) is 0.500. The number of aromatic nitrogens is 3. The van der Waals surface area contributed by atoms with Crippen molar-refractivity contribution in [2.24, 2.45) is 11.1 Å². The highest BCUT2D eigenvalue weighted by Gasteiger charge is 2.28. The van der Waals surface area contributed by atoms with Crippen molar-refractivity contribution in [2.45, 2.75) is 40.2 Å². The van der Waals surface area contributed by atoms with E-state index >= 15 is 0 Å². The van der Waals surface area contributed by atoms with Crippen LogP contribution in [0, 0.1) is 5.41 Å². The molecule has 0 radical (unpaired) electrons. The first kappa shape index (κ1) is 13.7. The molecule has 0 aliphatic rings. The monoisotopic (exact) mass is 260 g/mol. The Morgan fingerprint density at radius 3 is 2.74 bits per heavy atom. The highest BCUT2D eigenvalue weighted by atomic mass is 16.5. The van der Waals surface area contributed by atoms with E-state index in [4.69, 9.17) is 10.3 Å². The molecule has 0 fully saturated rings. The first-order valence-electron chi connectivity index (χ1n) is 6.46. The minimum absolute atomic E-state index is 0.115. The molecule has 0 aromatic carbocycles. The molecule has 0 saturated carbocycles. The topological polar surface area (TPSA) is 77.8 Å². The number of pyridine rings is 1. The predicted octanol–water partition coefficient (Wildman–Crippen LogP) is 2.74. The van der Waals surface area contributed by atoms with Crippen molar-refractivity contribution in [1.29, 1.82) is 0 Å². The van der Waals surface area contributed by atoms with Crippen LogP contribution in [0.2, 0.25) is 0 Å². The molecular formula is C14H20N4O. The Bertz CT molecular complexity index is 557. The zero-order valence-electron chi connectivity index (χ0n) is 11.8. The van der Waals surface area contributed by atoms with Crippen LogP contribution in [0.4, 0.5) is 0 Å². The van der Waals surface area contributed by atoms with Gasteiger partial charge in [-0.3, -0.25) is 4.98 Å². The van der Waals surface area contributed by atoms with Crippen LogP contribution in [-0.2, 0) is 6.42 Å². The van der Waals surface area contributed by atoms with Crippen molar-refractivity contribution in [3.8, 4) is 11.4 Å². The zero-order chi connectivity index (χ0) is 14.0. The number of hydrogen-bond acceptors (Lipinski definition) is 5. The SMILES string of the molecule is CCc1cnccc1-c1noc([C@@H](N)C(C)(C)C)n1. The van der Waals surface area contributed by atoms with Gasteiger partial charge in [-0.25, -0.2) is 0 Å². The van der Waals surface area contributed by atoms with Crippen molar-refractivity contribution in [1.82, 2.24) is 15.1 Å². The number of rotatable bonds is 3. The van der Waals surface area contributed by atoms with Crippen LogP contribution in [0.1, 0.15) is 45.2 Å². The summed E-state index contributed by atoms with van der Waals surface area (Å²) in [5.41, 5.74) is 8.06. The summed E-state index contributed by atoms with van der Waals surface area (Å²) in [6, 6.07) is 1.62. The maximum absolute atomic E-state index is 6.13. The Morgan fingerprint density at radius 1 is 1.37 bits per heavy atom. The number of aryl methyl sites for hydroxylation is 1. The Kier molecular flexibility index (Phi) is 3.66.